The molecule has 10 heteroatoms. The fourth-order valence-corrected chi connectivity index (χ4v) is 5.98. The lowest BCUT2D eigenvalue weighted by Crippen LogP contribution is -2.37. The molecule has 0 amide bonds. The highest BCUT2D eigenvalue weighted by molar-refractivity contribution is 7.88. The highest BCUT2D eigenvalue weighted by atomic mass is 35.5. The van der Waals surface area contributed by atoms with Gasteiger partial charge in [0.1, 0.15) is 6.29 Å². The Kier molecular flexibility index (Phi) is 8.50. The summed E-state index contributed by atoms with van der Waals surface area (Å²) in [6.07, 6.45) is 3.60. The first kappa shape index (κ1) is 27.6. The normalized spacial score (nSPS) is 16.4. The molecular weight excluding hydrogens is 536 g/mol. The highest BCUT2D eigenvalue weighted by Gasteiger charge is 2.30. The molecule has 5 rings (SSSR count). The zero-order valence-electron chi connectivity index (χ0n) is 21.9. The number of morpholine rings is 1. The molecule has 0 saturated carbocycles. The molecule has 0 bridgehead atoms. The van der Waals surface area contributed by atoms with E-state index in [9.17, 15) is 13.2 Å². The van der Waals surface area contributed by atoms with E-state index in [0.29, 0.717) is 34.7 Å². The van der Waals surface area contributed by atoms with Crippen LogP contribution >= 0.6 is 11.6 Å². The lowest BCUT2D eigenvalue weighted by molar-refractivity contribution is 0.0368. The molecule has 0 atom stereocenters. The summed E-state index contributed by atoms with van der Waals surface area (Å²) < 4.78 is 33.8. The molecule has 0 unspecified atom stereocenters. The Bertz CT molecular complexity index is 1530. The maximum absolute atomic E-state index is 12.4. The second-order valence-electron chi connectivity index (χ2n) is 9.84. The number of halogens is 1. The van der Waals surface area contributed by atoms with Crippen LogP contribution in [0, 0.1) is 11.8 Å². The van der Waals surface area contributed by atoms with Crippen molar-refractivity contribution >= 4 is 27.9 Å². The minimum Gasteiger partial charge on any atom is -0.379 e. The summed E-state index contributed by atoms with van der Waals surface area (Å²) in [7, 11) is -3.34. The van der Waals surface area contributed by atoms with Crippen LogP contribution in [0.3, 0.4) is 0 Å². The second-order valence-corrected chi connectivity index (χ2v) is 12.2. The van der Waals surface area contributed by atoms with Gasteiger partial charge in [-0.1, -0.05) is 41.6 Å². The van der Waals surface area contributed by atoms with Gasteiger partial charge in [-0.25, -0.2) is 8.42 Å². The van der Waals surface area contributed by atoms with Gasteiger partial charge in [-0.05, 0) is 30.7 Å². The molecule has 0 radical (unpaired) electrons. The van der Waals surface area contributed by atoms with E-state index in [1.807, 2.05) is 18.2 Å². The van der Waals surface area contributed by atoms with Crippen LogP contribution in [0.2, 0.25) is 5.02 Å². The SMILES string of the molecule is CS(=O)(=O)N1CCc2c(c(-c3ccc(Cl)c(C#Cc4cccc(C=O)c4)c3)nn2CCCN2CCOCC2)C1. The van der Waals surface area contributed by atoms with Crippen molar-refractivity contribution < 1.29 is 17.9 Å². The molecule has 1 saturated heterocycles. The van der Waals surface area contributed by atoms with E-state index in [4.69, 9.17) is 21.4 Å². The van der Waals surface area contributed by atoms with Crippen LogP contribution in [0.15, 0.2) is 42.5 Å². The highest BCUT2D eigenvalue weighted by Crippen LogP contribution is 2.33. The largest absolute Gasteiger partial charge is 0.379 e. The maximum atomic E-state index is 12.4. The summed E-state index contributed by atoms with van der Waals surface area (Å²) in [5.41, 5.74) is 5.51. The van der Waals surface area contributed by atoms with E-state index in [0.717, 1.165) is 74.6 Å². The Hall–Kier alpha value is -3.00. The number of sulfonamides is 1. The third-order valence-electron chi connectivity index (χ3n) is 7.12. The van der Waals surface area contributed by atoms with Gasteiger partial charge < -0.3 is 4.74 Å². The zero-order chi connectivity index (χ0) is 27.4. The first-order valence-electron chi connectivity index (χ1n) is 13.0. The molecule has 2 aliphatic rings. The van der Waals surface area contributed by atoms with Crippen molar-refractivity contribution in [2.75, 3.05) is 45.6 Å². The summed E-state index contributed by atoms with van der Waals surface area (Å²) in [5.74, 6) is 6.22. The summed E-state index contributed by atoms with van der Waals surface area (Å²) in [4.78, 5) is 13.5. The van der Waals surface area contributed by atoms with Crippen LogP contribution in [0.1, 0.15) is 39.2 Å². The molecular formula is C29H31ClN4O4S. The Morgan fingerprint density at radius 2 is 1.90 bits per heavy atom. The van der Waals surface area contributed by atoms with E-state index >= 15 is 0 Å². The molecule has 1 fully saturated rings. The van der Waals surface area contributed by atoms with Gasteiger partial charge in [0.2, 0.25) is 10.0 Å². The number of aldehydes is 1. The van der Waals surface area contributed by atoms with Gasteiger partial charge in [0, 0.05) is 79.2 Å². The van der Waals surface area contributed by atoms with E-state index in [2.05, 4.69) is 21.4 Å². The third kappa shape index (κ3) is 6.60. The van der Waals surface area contributed by atoms with Gasteiger partial charge in [-0.3, -0.25) is 14.4 Å². The number of carbonyl (C=O) groups excluding carboxylic acids is 1. The molecule has 1 aromatic heterocycles. The van der Waals surface area contributed by atoms with E-state index < -0.39 is 10.0 Å². The minimum absolute atomic E-state index is 0.287. The van der Waals surface area contributed by atoms with Crippen LogP contribution in [-0.2, 0) is 34.3 Å². The summed E-state index contributed by atoms with van der Waals surface area (Å²) in [6.45, 7) is 5.88. The van der Waals surface area contributed by atoms with Crippen LogP contribution < -0.4 is 0 Å². The van der Waals surface area contributed by atoms with Crippen molar-refractivity contribution in [3.63, 3.8) is 0 Å². The number of aromatic nitrogens is 2. The monoisotopic (exact) mass is 566 g/mol. The summed E-state index contributed by atoms with van der Waals surface area (Å²) in [6, 6.07) is 12.7. The van der Waals surface area contributed by atoms with Crippen molar-refractivity contribution in [2.24, 2.45) is 0 Å². The number of aryl methyl sites for hydroxylation is 1. The fourth-order valence-electron chi connectivity index (χ4n) is 5.03. The van der Waals surface area contributed by atoms with Gasteiger partial charge >= 0.3 is 0 Å². The topological polar surface area (TPSA) is 84.7 Å². The van der Waals surface area contributed by atoms with Crippen molar-refractivity contribution in [2.45, 2.75) is 25.9 Å². The molecule has 2 aromatic carbocycles. The Morgan fingerprint density at radius 1 is 1.08 bits per heavy atom. The van der Waals surface area contributed by atoms with Crippen LogP contribution in [0.5, 0.6) is 0 Å². The zero-order valence-corrected chi connectivity index (χ0v) is 23.5. The standard InChI is InChI=1S/C29H31ClN4O4S/c1-39(36,37)33-13-10-28-26(20-33)29(31-34(28)12-3-11-32-14-16-38-17-15-32)25-8-9-27(30)24(19-25)7-6-22-4-2-5-23(18-22)21-35/h2,4-5,8-9,18-19,21H,3,10-17,20H2,1H3. The van der Waals surface area contributed by atoms with E-state index in [1.54, 1.807) is 24.3 Å². The first-order valence-corrected chi connectivity index (χ1v) is 15.3. The Labute approximate surface area is 234 Å². The Morgan fingerprint density at radius 3 is 2.67 bits per heavy atom. The van der Waals surface area contributed by atoms with Crippen molar-refractivity contribution in [1.82, 2.24) is 19.0 Å². The molecule has 8 nitrogen and oxygen atoms in total. The number of benzene rings is 2. The van der Waals surface area contributed by atoms with Crippen molar-refractivity contribution in [3.05, 3.63) is 75.4 Å². The average molecular weight is 567 g/mol. The van der Waals surface area contributed by atoms with Gasteiger partial charge in [0.15, 0.2) is 0 Å². The number of fused-ring (bicyclic) bond motifs is 1. The lowest BCUT2D eigenvalue weighted by Gasteiger charge is -2.27. The second kappa shape index (κ2) is 12.0. The maximum Gasteiger partial charge on any atom is 0.211 e. The average Bonchev–Trinajstić information content (AvgIpc) is 3.31. The van der Waals surface area contributed by atoms with Crippen LogP contribution in [0.25, 0.3) is 11.3 Å². The molecule has 0 spiro atoms. The number of carbonyl (C=O) groups is 1. The lowest BCUT2D eigenvalue weighted by atomic mass is 10.0. The predicted octanol–water partition coefficient (Wildman–Crippen LogP) is 3.46. The number of rotatable bonds is 7. The van der Waals surface area contributed by atoms with Crippen LogP contribution in [0.4, 0.5) is 0 Å². The quantitative estimate of drug-likeness (QED) is 0.322. The van der Waals surface area contributed by atoms with Gasteiger partial charge in [-0.2, -0.15) is 9.40 Å². The summed E-state index contributed by atoms with van der Waals surface area (Å²) >= 11 is 6.50. The number of ether oxygens (including phenoxy) is 1. The van der Waals surface area contributed by atoms with E-state index in [1.165, 1.54) is 10.6 Å². The van der Waals surface area contributed by atoms with Crippen LogP contribution in [-0.4, -0.2) is 79.3 Å². The molecule has 3 aromatic rings. The van der Waals surface area contributed by atoms with Gasteiger partial charge in [0.25, 0.3) is 0 Å². The minimum atomic E-state index is -3.34. The molecule has 39 heavy (non-hydrogen) atoms. The van der Waals surface area contributed by atoms with Gasteiger partial charge in [-0.15, -0.1) is 0 Å². The molecule has 204 valence electrons. The fraction of sp³-hybridized carbons (Fsp3) is 0.379. The molecule has 0 aliphatic carbocycles. The molecule has 3 heterocycles. The van der Waals surface area contributed by atoms with E-state index in [-0.39, 0.29) is 6.54 Å². The third-order valence-corrected chi connectivity index (χ3v) is 8.70. The smallest absolute Gasteiger partial charge is 0.211 e. The van der Waals surface area contributed by atoms with Crippen molar-refractivity contribution in [3.8, 4) is 23.1 Å². The summed E-state index contributed by atoms with van der Waals surface area (Å²) in [5, 5.41) is 5.50. The Balaban J connectivity index is 1.46. The number of hydrogen-bond donors (Lipinski definition) is 0. The molecule has 0 N–H and O–H groups in total. The first-order chi connectivity index (χ1) is 18.8. The number of hydrogen-bond acceptors (Lipinski definition) is 6. The van der Waals surface area contributed by atoms with Gasteiger partial charge in [0.05, 0.1) is 30.2 Å². The molecule has 2 aliphatic heterocycles. The van der Waals surface area contributed by atoms with Crippen molar-refractivity contribution in [1.29, 1.82) is 0 Å². The predicted molar refractivity (Wildman–Crippen MR) is 151 cm³/mol. The number of nitrogens with zero attached hydrogens (tertiary/aromatic N) is 4.